The second-order valence-electron chi connectivity index (χ2n) is 7.27. The number of rotatable bonds is 9. The van der Waals surface area contributed by atoms with Crippen LogP contribution < -0.4 is 10.1 Å². The quantitative estimate of drug-likeness (QED) is 0.354. The first-order chi connectivity index (χ1) is 14.9. The van der Waals surface area contributed by atoms with Crippen molar-refractivity contribution < 1.29 is 4.74 Å². The van der Waals surface area contributed by atoms with Gasteiger partial charge >= 0.3 is 0 Å². The molecule has 0 aliphatic carbocycles. The zero-order valence-corrected chi connectivity index (χ0v) is 16.9. The summed E-state index contributed by atoms with van der Waals surface area (Å²) in [5, 5.41) is 3.40. The molecule has 0 radical (unpaired) electrons. The third-order valence-corrected chi connectivity index (χ3v) is 5.09. The molecule has 3 heteroatoms. The second kappa shape index (κ2) is 10.3. The van der Waals surface area contributed by atoms with Crippen LogP contribution in [0.2, 0.25) is 0 Å². The highest BCUT2D eigenvalue weighted by Crippen LogP contribution is 2.26. The van der Waals surface area contributed by atoms with E-state index in [1.165, 1.54) is 16.7 Å². The molecular formula is C27H26N2O. The van der Waals surface area contributed by atoms with E-state index in [1.54, 1.807) is 12.4 Å². The number of benzene rings is 3. The normalized spacial score (nSPS) is 11.6. The second-order valence-corrected chi connectivity index (χ2v) is 7.27. The zero-order chi connectivity index (χ0) is 20.4. The van der Waals surface area contributed by atoms with Gasteiger partial charge in [-0.1, -0.05) is 72.8 Å². The van der Waals surface area contributed by atoms with Crippen LogP contribution in [0.15, 0.2) is 109 Å². The number of hydrogen-bond donors (Lipinski definition) is 1. The minimum Gasteiger partial charge on any atom is -0.486 e. The predicted molar refractivity (Wildman–Crippen MR) is 123 cm³/mol. The summed E-state index contributed by atoms with van der Waals surface area (Å²) < 4.78 is 6.41. The molecule has 0 bridgehead atoms. The van der Waals surface area contributed by atoms with Crippen LogP contribution in [0.5, 0.6) is 5.75 Å². The summed E-state index contributed by atoms with van der Waals surface area (Å²) in [5.74, 6) is 0.893. The largest absolute Gasteiger partial charge is 0.486 e. The van der Waals surface area contributed by atoms with Crippen LogP contribution in [0.1, 0.15) is 29.2 Å². The van der Waals surface area contributed by atoms with Gasteiger partial charge in [0.1, 0.15) is 11.9 Å². The molecule has 150 valence electrons. The highest BCUT2D eigenvalue weighted by molar-refractivity contribution is 5.42. The summed E-state index contributed by atoms with van der Waals surface area (Å²) >= 11 is 0. The van der Waals surface area contributed by atoms with Gasteiger partial charge < -0.3 is 10.1 Å². The highest BCUT2D eigenvalue weighted by Gasteiger charge is 2.13. The van der Waals surface area contributed by atoms with E-state index in [0.29, 0.717) is 0 Å². The van der Waals surface area contributed by atoms with E-state index >= 15 is 0 Å². The molecule has 1 aromatic heterocycles. The highest BCUT2D eigenvalue weighted by atomic mass is 16.5. The van der Waals surface area contributed by atoms with E-state index in [-0.39, 0.29) is 6.10 Å². The molecule has 1 unspecified atom stereocenters. The molecule has 3 nitrogen and oxygen atoms in total. The zero-order valence-electron chi connectivity index (χ0n) is 16.9. The molecule has 0 saturated carbocycles. The Balaban J connectivity index is 1.40. The minimum absolute atomic E-state index is 0.0206. The van der Waals surface area contributed by atoms with Crippen molar-refractivity contribution in [1.82, 2.24) is 4.98 Å². The fraction of sp³-hybridized carbons (Fsp3) is 0.148. The molecule has 0 fully saturated rings. The molecule has 0 spiro atoms. The third-order valence-electron chi connectivity index (χ3n) is 5.09. The van der Waals surface area contributed by atoms with E-state index in [2.05, 4.69) is 89.2 Å². The van der Waals surface area contributed by atoms with Crippen LogP contribution in [0.4, 0.5) is 5.69 Å². The van der Waals surface area contributed by atoms with Crippen LogP contribution in [0, 0.1) is 0 Å². The summed E-state index contributed by atoms with van der Waals surface area (Å²) in [6.45, 7) is 0.764. The maximum absolute atomic E-state index is 6.41. The first-order valence-corrected chi connectivity index (χ1v) is 10.4. The first-order valence-electron chi connectivity index (χ1n) is 10.4. The Morgan fingerprint density at radius 2 is 1.37 bits per heavy atom. The molecule has 30 heavy (non-hydrogen) atoms. The number of aryl methyl sites for hydroxylation is 1. The Labute approximate surface area is 178 Å². The number of hydrogen-bond acceptors (Lipinski definition) is 3. The van der Waals surface area contributed by atoms with Crippen LogP contribution >= 0.6 is 0 Å². The Morgan fingerprint density at radius 1 is 0.700 bits per heavy atom. The van der Waals surface area contributed by atoms with E-state index in [0.717, 1.165) is 30.8 Å². The average molecular weight is 395 g/mol. The number of ether oxygens (including phenoxy) is 1. The first kappa shape index (κ1) is 19.7. The lowest BCUT2D eigenvalue weighted by Crippen LogP contribution is -2.09. The molecular weight excluding hydrogens is 368 g/mol. The van der Waals surface area contributed by atoms with E-state index in [4.69, 9.17) is 4.74 Å². The molecule has 0 aliphatic heterocycles. The molecule has 0 saturated heterocycles. The smallest absolute Gasteiger partial charge is 0.124 e. The van der Waals surface area contributed by atoms with Gasteiger partial charge in [-0.25, -0.2) is 0 Å². The summed E-state index contributed by atoms with van der Waals surface area (Å²) in [6, 6.07) is 33.3. The Kier molecular flexibility index (Phi) is 6.74. The molecule has 1 N–H and O–H groups in total. The minimum atomic E-state index is 0.0206. The van der Waals surface area contributed by atoms with Gasteiger partial charge in [0.2, 0.25) is 0 Å². The van der Waals surface area contributed by atoms with Crippen molar-refractivity contribution >= 4 is 5.69 Å². The van der Waals surface area contributed by atoms with Gasteiger partial charge in [-0.3, -0.25) is 4.98 Å². The maximum Gasteiger partial charge on any atom is 0.124 e. The number of nitrogens with zero attached hydrogens (tertiary/aromatic N) is 1. The third kappa shape index (κ3) is 5.71. The van der Waals surface area contributed by atoms with Crippen molar-refractivity contribution in [2.24, 2.45) is 0 Å². The van der Waals surface area contributed by atoms with Gasteiger partial charge in [-0.05, 0) is 53.8 Å². The van der Waals surface area contributed by atoms with Crippen molar-refractivity contribution in [3.63, 3.8) is 0 Å². The lowest BCUT2D eigenvalue weighted by Gasteiger charge is -2.20. The molecule has 4 aromatic rings. The van der Waals surface area contributed by atoms with E-state index < -0.39 is 0 Å². The fourth-order valence-electron chi connectivity index (χ4n) is 3.43. The van der Waals surface area contributed by atoms with Crippen LogP contribution in [0.3, 0.4) is 0 Å². The standard InChI is InChI=1S/C27H26N2O/c1-3-7-22(8-4-1)13-16-27(24-9-5-2-6-10-24)30-26-14-11-23(12-15-26)21-29-25-17-19-28-20-18-25/h1-12,14-15,17-20,27H,13,16,21H2,(H,28,29). The molecule has 4 rings (SSSR count). The summed E-state index contributed by atoms with van der Waals surface area (Å²) in [4.78, 5) is 4.04. The number of anilines is 1. The van der Waals surface area contributed by atoms with Gasteiger partial charge in [0.15, 0.2) is 0 Å². The SMILES string of the molecule is c1ccc(CCC(Oc2ccc(CNc3ccncc3)cc2)c2ccccc2)cc1. The van der Waals surface area contributed by atoms with E-state index in [9.17, 15) is 0 Å². The Bertz CT molecular complexity index is 1000. The van der Waals surface area contributed by atoms with Crippen molar-refractivity contribution in [3.05, 3.63) is 126 Å². The van der Waals surface area contributed by atoms with Crippen molar-refractivity contribution in [2.75, 3.05) is 5.32 Å². The van der Waals surface area contributed by atoms with Crippen molar-refractivity contribution in [3.8, 4) is 5.75 Å². The van der Waals surface area contributed by atoms with Gasteiger partial charge in [-0.15, -0.1) is 0 Å². The molecule has 1 heterocycles. The summed E-state index contributed by atoms with van der Waals surface area (Å²) in [7, 11) is 0. The molecule has 3 aromatic carbocycles. The average Bonchev–Trinajstić information content (AvgIpc) is 2.83. The monoisotopic (exact) mass is 394 g/mol. The molecule has 1 atom stereocenters. The fourth-order valence-corrected chi connectivity index (χ4v) is 3.43. The van der Waals surface area contributed by atoms with Gasteiger partial charge in [-0.2, -0.15) is 0 Å². The van der Waals surface area contributed by atoms with Crippen molar-refractivity contribution in [1.29, 1.82) is 0 Å². The Morgan fingerprint density at radius 3 is 2.07 bits per heavy atom. The summed E-state index contributed by atoms with van der Waals surface area (Å²) in [5.41, 5.74) is 4.81. The number of pyridine rings is 1. The topological polar surface area (TPSA) is 34.1 Å². The lowest BCUT2D eigenvalue weighted by molar-refractivity contribution is 0.195. The number of nitrogens with one attached hydrogen (secondary N) is 1. The van der Waals surface area contributed by atoms with Gasteiger partial charge in [0, 0.05) is 24.6 Å². The Hall–Kier alpha value is -3.59. The predicted octanol–water partition coefficient (Wildman–Crippen LogP) is 6.45. The van der Waals surface area contributed by atoms with E-state index in [1.807, 2.05) is 18.2 Å². The van der Waals surface area contributed by atoms with Gasteiger partial charge in [0.25, 0.3) is 0 Å². The van der Waals surface area contributed by atoms with Crippen molar-refractivity contribution in [2.45, 2.75) is 25.5 Å². The van der Waals surface area contributed by atoms with Crippen LogP contribution in [-0.4, -0.2) is 4.98 Å². The van der Waals surface area contributed by atoms with Crippen LogP contribution in [-0.2, 0) is 13.0 Å². The molecule has 0 aliphatic rings. The number of aromatic nitrogens is 1. The molecule has 0 amide bonds. The lowest BCUT2D eigenvalue weighted by atomic mass is 10.0. The summed E-state index contributed by atoms with van der Waals surface area (Å²) in [6.07, 6.45) is 5.51. The van der Waals surface area contributed by atoms with Crippen LogP contribution in [0.25, 0.3) is 0 Å². The van der Waals surface area contributed by atoms with Gasteiger partial charge in [0.05, 0.1) is 0 Å². The maximum atomic E-state index is 6.41.